The summed E-state index contributed by atoms with van der Waals surface area (Å²) < 4.78 is 14.4. The third kappa shape index (κ3) is 2.29. The Balaban J connectivity index is 2.02. The van der Waals surface area contributed by atoms with Gasteiger partial charge in [0, 0.05) is 18.8 Å². The SMILES string of the molecule is CCNCc1cccc(F)c1N1CCc2ccccc21. The molecule has 0 unspecified atom stereocenters. The number of fused-ring (bicyclic) bond motifs is 1. The van der Waals surface area contributed by atoms with Gasteiger partial charge in [0.15, 0.2) is 0 Å². The minimum absolute atomic E-state index is 0.142. The summed E-state index contributed by atoms with van der Waals surface area (Å²) in [5.41, 5.74) is 4.17. The third-order valence-electron chi connectivity index (χ3n) is 3.79. The number of nitrogens with one attached hydrogen (secondary N) is 1. The lowest BCUT2D eigenvalue weighted by atomic mass is 10.1. The van der Waals surface area contributed by atoms with Gasteiger partial charge in [-0.25, -0.2) is 4.39 Å². The number of rotatable bonds is 4. The van der Waals surface area contributed by atoms with E-state index in [0.29, 0.717) is 6.54 Å². The largest absolute Gasteiger partial charge is 0.338 e. The molecular formula is C17H19FN2. The van der Waals surface area contributed by atoms with E-state index < -0.39 is 0 Å². The molecule has 3 heteroatoms. The zero-order valence-corrected chi connectivity index (χ0v) is 11.7. The smallest absolute Gasteiger partial charge is 0.147 e. The normalized spacial score (nSPS) is 13.6. The van der Waals surface area contributed by atoms with Crippen LogP contribution in [0.3, 0.4) is 0 Å². The van der Waals surface area contributed by atoms with Crippen molar-refractivity contribution in [2.75, 3.05) is 18.0 Å². The Morgan fingerprint density at radius 3 is 2.85 bits per heavy atom. The van der Waals surface area contributed by atoms with E-state index in [9.17, 15) is 4.39 Å². The molecule has 0 radical (unpaired) electrons. The van der Waals surface area contributed by atoms with Crippen LogP contribution in [0.4, 0.5) is 15.8 Å². The molecule has 2 aromatic carbocycles. The predicted octanol–water partition coefficient (Wildman–Crippen LogP) is 3.63. The Bertz CT molecular complexity index is 610. The molecule has 0 saturated heterocycles. The van der Waals surface area contributed by atoms with Gasteiger partial charge in [0.1, 0.15) is 5.82 Å². The molecule has 104 valence electrons. The van der Waals surface area contributed by atoms with E-state index in [1.807, 2.05) is 18.2 Å². The first-order valence-electron chi connectivity index (χ1n) is 7.15. The van der Waals surface area contributed by atoms with Gasteiger partial charge < -0.3 is 10.2 Å². The van der Waals surface area contributed by atoms with Crippen molar-refractivity contribution in [1.29, 1.82) is 0 Å². The van der Waals surface area contributed by atoms with Crippen LogP contribution in [0.2, 0.25) is 0 Å². The first kappa shape index (κ1) is 13.1. The van der Waals surface area contributed by atoms with Crippen LogP contribution < -0.4 is 10.2 Å². The van der Waals surface area contributed by atoms with Gasteiger partial charge in [-0.1, -0.05) is 37.3 Å². The maximum atomic E-state index is 14.4. The summed E-state index contributed by atoms with van der Waals surface area (Å²) in [7, 11) is 0. The van der Waals surface area contributed by atoms with Crippen molar-refractivity contribution in [2.24, 2.45) is 0 Å². The third-order valence-corrected chi connectivity index (χ3v) is 3.79. The molecule has 2 aromatic rings. The van der Waals surface area contributed by atoms with Gasteiger partial charge in [-0.15, -0.1) is 0 Å². The maximum absolute atomic E-state index is 14.4. The molecular weight excluding hydrogens is 251 g/mol. The fourth-order valence-corrected chi connectivity index (χ4v) is 2.84. The topological polar surface area (TPSA) is 15.3 Å². The molecule has 1 aliphatic rings. The highest BCUT2D eigenvalue weighted by molar-refractivity contribution is 5.72. The van der Waals surface area contributed by atoms with E-state index in [-0.39, 0.29) is 5.82 Å². The van der Waals surface area contributed by atoms with Crippen molar-refractivity contribution < 1.29 is 4.39 Å². The first-order chi connectivity index (χ1) is 9.81. The molecule has 0 bridgehead atoms. The fourth-order valence-electron chi connectivity index (χ4n) is 2.84. The summed E-state index contributed by atoms with van der Waals surface area (Å²) in [6.45, 7) is 4.48. The standard InChI is InChI=1S/C17H19FN2/c1-2-19-12-14-7-5-8-15(18)17(14)20-11-10-13-6-3-4-9-16(13)20/h3-9,19H,2,10-12H2,1H3. The van der Waals surface area contributed by atoms with E-state index in [1.165, 1.54) is 5.56 Å². The highest BCUT2D eigenvalue weighted by Gasteiger charge is 2.24. The van der Waals surface area contributed by atoms with Gasteiger partial charge in [-0.05, 0) is 36.2 Å². The molecule has 0 atom stereocenters. The zero-order valence-electron chi connectivity index (χ0n) is 11.7. The number of hydrogen-bond donors (Lipinski definition) is 1. The van der Waals surface area contributed by atoms with Crippen LogP contribution >= 0.6 is 0 Å². The minimum atomic E-state index is -0.142. The Kier molecular flexibility index (Phi) is 3.70. The lowest BCUT2D eigenvalue weighted by Crippen LogP contribution is -2.20. The Hall–Kier alpha value is -1.87. The summed E-state index contributed by atoms with van der Waals surface area (Å²) in [6, 6.07) is 13.6. The van der Waals surface area contributed by atoms with E-state index in [1.54, 1.807) is 12.1 Å². The zero-order chi connectivity index (χ0) is 13.9. The van der Waals surface area contributed by atoms with Crippen molar-refractivity contribution in [2.45, 2.75) is 19.9 Å². The molecule has 1 N–H and O–H groups in total. The molecule has 0 spiro atoms. The molecule has 3 rings (SSSR count). The quantitative estimate of drug-likeness (QED) is 0.912. The Labute approximate surface area is 119 Å². The average molecular weight is 270 g/mol. The van der Waals surface area contributed by atoms with Crippen LogP contribution in [-0.4, -0.2) is 13.1 Å². The summed E-state index contributed by atoms with van der Waals surface area (Å²) in [6.07, 6.45) is 0.977. The summed E-state index contributed by atoms with van der Waals surface area (Å²) in [5, 5.41) is 3.29. The molecule has 0 amide bonds. The van der Waals surface area contributed by atoms with Crippen LogP contribution in [0.5, 0.6) is 0 Å². The fraction of sp³-hybridized carbons (Fsp3) is 0.294. The summed E-state index contributed by atoms with van der Waals surface area (Å²) in [4.78, 5) is 2.11. The second kappa shape index (κ2) is 5.63. The van der Waals surface area contributed by atoms with Crippen molar-refractivity contribution in [1.82, 2.24) is 5.32 Å². The highest BCUT2D eigenvalue weighted by Crippen LogP contribution is 2.37. The summed E-state index contributed by atoms with van der Waals surface area (Å²) >= 11 is 0. The predicted molar refractivity (Wildman–Crippen MR) is 80.9 cm³/mol. The van der Waals surface area contributed by atoms with E-state index in [2.05, 4.69) is 29.3 Å². The van der Waals surface area contributed by atoms with Crippen LogP contribution in [0.25, 0.3) is 0 Å². The lowest BCUT2D eigenvalue weighted by molar-refractivity contribution is 0.620. The van der Waals surface area contributed by atoms with Gasteiger partial charge in [0.2, 0.25) is 0 Å². The number of benzene rings is 2. The van der Waals surface area contributed by atoms with Gasteiger partial charge in [0.25, 0.3) is 0 Å². The van der Waals surface area contributed by atoms with E-state index in [0.717, 1.165) is 36.4 Å². The minimum Gasteiger partial charge on any atom is -0.338 e. The maximum Gasteiger partial charge on any atom is 0.147 e. The van der Waals surface area contributed by atoms with Crippen molar-refractivity contribution >= 4 is 11.4 Å². The molecule has 0 aliphatic carbocycles. The second-order valence-electron chi connectivity index (χ2n) is 5.06. The second-order valence-corrected chi connectivity index (χ2v) is 5.06. The molecule has 1 aliphatic heterocycles. The molecule has 20 heavy (non-hydrogen) atoms. The van der Waals surface area contributed by atoms with E-state index >= 15 is 0 Å². The van der Waals surface area contributed by atoms with Crippen LogP contribution in [0.1, 0.15) is 18.1 Å². The molecule has 0 aromatic heterocycles. The summed E-state index contributed by atoms with van der Waals surface area (Å²) in [5.74, 6) is -0.142. The van der Waals surface area contributed by atoms with Crippen LogP contribution in [0, 0.1) is 5.82 Å². The number of nitrogens with zero attached hydrogens (tertiary/aromatic N) is 1. The first-order valence-corrected chi connectivity index (χ1v) is 7.15. The van der Waals surface area contributed by atoms with Crippen LogP contribution in [0.15, 0.2) is 42.5 Å². The Morgan fingerprint density at radius 2 is 2.00 bits per heavy atom. The van der Waals surface area contributed by atoms with E-state index in [4.69, 9.17) is 0 Å². The Morgan fingerprint density at radius 1 is 1.15 bits per heavy atom. The van der Waals surface area contributed by atoms with Crippen molar-refractivity contribution in [3.05, 3.63) is 59.4 Å². The number of anilines is 2. The van der Waals surface area contributed by atoms with Crippen molar-refractivity contribution in [3.8, 4) is 0 Å². The monoisotopic (exact) mass is 270 g/mol. The molecule has 1 heterocycles. The number of hydrogen-bond acceptors (Lipinski definition) is 2. The number of para-hydroxylation sites is 2. The van der Waals surface area contributed by atoms with Gasteiger partial charge in [-0.2, -0.15) is 0 Å². The highest BCUT2D eigenvalue weighted by atomic mass is 19.1. The number of halogens is 1. The van der Waals surface area contributed by atoms with Crippen LogP contribution in [-0.2, 0) is 13.0 Å². The average Bonchev–Trinajstić information content (AvgIpc) is 2.89. The lowest BCUT2D eigenvalue weighted by Gasteiger charge is -2.23. The van der Waals surface area contributed by atoms with Crippen molar-refractivity contribution in [3.63, 3.8) is 0 Å². The van der Waals surface area contributed by atoms with Gasteiger partial charge >= 0.3 is 0 Å². The molecule has 2 nitrogen and oxygen atoms in total. The van der Waals surface area contributed by atoms with Gasteiger partial charge in [-0.3, -0.25) is 0 Å². The molecule has 0 saturated carbocycles. The molecule has 0 fully saturated rings. The van der Waals surface area contributed by atoms with Gasteiger partial charge in [0.05, 0.1) is 5.69 Å².